The maximum Gasteiger partial charge on any atom is 0.265 e. The zero-order valence-electron chi connectivity index (χ0n) is 9.27. The van der Waals surface area contributed by atoms with E-state index in [1.54, 1.807) is 17.5 Å². The molecule has 0 aliphatic heterocycles. The van der Waals surface area contributed by atoms with Gasteiger partial charge >= 0.3 is 0 Å². The van der Waals surface area contributed by atoms with E-state index in [2.05, 4.69) is 5.32 Å². The third kappa shape index (κ3) is 2.65. The molecule has 1 unspecified atom stereocenters. The van der Waals surface area contributed by atoms with Gasteiger partial charge in [-0.2, -0.15) is 0 Å². The zero-order chi connectivity index (χ0) is 13.1. The molecule has 6 heteroatoms. The number of halogens is 2. The van der Waals surface area contributed by atoms with Crippen LogP contribution in [0.4, 0.5) is 8.78 Å². The van der Waals surface area contributed by atoms with Crippen molar-refractivity contribution < 1.29 is 18.7 Å². The van der Waals surface area contributed by atoms with Gasteiger partial charge in [0.2, 0.25) is 0 Å². The lowest BCUT2D eigenvalue weighted by Crippen LogP contribution is -2.35. The summed E-state index contributed by atoms with van der Waals surface area (Å²) in [5.74, 6) is -0.452. The number of carbonyl (C=O) groups excluding carboxylic acids is 1. The Kier molecular flexibility index (Phi) is 3.88. The van der Waals surface area contributed by atoms with Crippen LogP contribution >= 0.6 is 11.3 Å². The Bertz CT molecular complexity index is 556. The Hall–Kier alpha value is -1.53. The highest BCUT2D eigenvalue weighted by molar-refractivity contribution is 7.17. The van der Waals surface area contributed by atoms with E-state index in [1.807, 2.05) is 12.1 Å². The van der Waals surface area contributed by atoms with Crippen LogP contribution in [0.1, 0.15) is 10.4 Å². The molecule has 2 aromatic rings. The molecular formula is C12H11F2NO2S. The van der Waals surface area contributed by atoms with E-state index in [-0.39, 0.29) is 0 Å². The summed E-state index contributed by atoms with van der Waals surface area (Å²) in [7, 11) is 0. The quantitative estimate of drug-likeness (QED) is 0.896. The summed E-state index contributed by atoms with van der Waals surface area (Å²) in [4.78, 5) is 11.8. The minimum Gasteiger partial charge on any atom is -0.385 e. The predicted molar refractivity (Wildman–Crippen MR) is 66.2 cm³/mol. The largest absolute Gasteiger partial charge is 0.385 e. The van der Waals surface area contributed by atoms with Gasteiger partial charge in [-0.25, -0.2) is 8.78 Å². The number of benzene rings is 1. The molecule has 1 aromatic carbocycles. The number of hydrogen-bond acceptors (Lipinski definition) is 3. The lowest BCUT2D eigenvalue weighted by atomic mass is 10.1. The minimum atomic E-state index is -2.86. The van der Waals surface area contributed by atoms with E-state index < -0.39 is 25.0 Å². The minimum absolute atomic E-state index is 0.442. The number of hydrogen-bond donors (Lipinski definition) is 2. The van der Waals surface area contributed by atoms with Crippen molar-refractivity contribution in [1.82, 2.24) is 5.32 Å². The Balaban J connectivity index is 2.10. The van der Waals surface area contributed by atoms with Gasteiger partial charge in [0.15, 0.2) is 0 Å². The number of nitrogens with one attached hydrogen (secondary N) is 1. The molecule has 1 aromatic heterocycles. The standard InChI is InChI=1S/C12H11F2NO2S/c13-11(14)9(16)5-15-12(17)8-6-18-10-4-2-1-3-7(8)10/h1-4,6,9,11,16H,5H2,(H,15,17). The highest BCUT2D eigenvalue weighted by atomic mass is 32.1. The van der Waals surface area contributed by atoms with Gasteiger partial charge in [0.1, 0.15) is 6.10 Å². The normalized spacial score (nSPS) is 12.9. The second kappa shape index (κ2) is 5.41. The Labute approximate surface area is 106 Å². The van der Waals surface area contributed by atoms with Crippen LogP contribution in [-0.4, -0.2) is 30.1 Å². The first kappa shape index (κ1) is 12.9. The molecule has 3 nitrogen and oxygen atoms in total. The topological polar surface area (TPSA) is 49.3 Å². The molecule has 0 aliphatic carbocycles. The van der Waals surface area contributed by atoms with Crippen molar-refractivity contribution in [2.45, 2.75) is 12.5 Å². The molecule has 0 aliphatic rings. The molecular weight excluding hydrogens is 260 g/mol. The number of amides is 1. The average Bonchev–Trinajstić information content (AvgIpc) is 2.79. The first-order valence-electron chi connectivity index (χ1n) is 5.30. The van der Waals surface area contributed by atoms with Crippen molar-refractivity contribution >= 4 is 27.3 Å². The fourth-order valence-electron chi connectivity index (χ4n) is 1.54. The van der Waals surface area contributed by atoms with Crippen molar-refractivity contribution in [2.75, 3.05) is 6.54 Å². The van der Waals surface area contributed by atoms with Gasteiger partial charge in [0, 0.05) is 22.0 Å². The number of aliphatic hydroxyl groups excluding tert-OH is 1. The van der Waals surface area contributed by atoms with Crippen LogP contribution in [0.15, 0.2) is 29.6 Å². The highest BCUT2D eigenvalue weighted by Crippen LogP contribution is 2.25. The molecule has 0 saturated carbocycles. The molecule has 2 rings (SSSR count). The Morgan fingerprint density at radius 2 is 2.11 bits per heavy atom. The number of aliphatic hydroxyl groups is 1. The molecule has 2 N–H and O–H groups in total. The lowest BCUT2D eigenvalue weighted by molar-refractivity contribution is -0.00269. The molecule has 0 spiro atoms. The summed E-state index contributed by atoms with van der Waals surface area (Å²) < 4.78 is 25.1. The third-order valence-corrected chi connectivity index (χ3v) is 3.45. The van der Waals surface area contributed by atoms with Crippen molar-refractivity contribution in [3.8, 4) is 0 Å². The molecule has 1 heterocycles. The van der Waals surface area contributed by atoms with E-state index in [4.69, 9.17) is 5.11 Å². The SMILES string of the molecule is O=C(NCC(O)C(F)F)c1csc2ccccc12. The number of fused-ring (bicyclic) bond motifs is 1. The Morgan fingerprint density at radius 3 is 2.83 bits per heavy atom. The molecule has 0 bridgehead atoms. The summed E-state index contributed by atoms with van der Waals surface area (Å²) in [6.45, 7) is -0.458. The van der Waals surface area contributed by atoms with E-state index in [9.17, 15) is 13.6 Å². The smallest absolute Gasteiger partial charge is 0.265 e. The van der Waals surface area contributed by atoms with Crippen molar-refractivity contribution in [2.24, 2.45) is 0 Å². The van der Waals surface area contributed by atoms with E-state index in [1.165, 1.54) is 11.3 Å². The highest BCUT2D eigenvalue weighted by Gasteiger charge is 2.19. The van der Waals surface area contributed by atoms with Crippen LogP contribution in [0.25, 0.3) is 10.1 Å². The number of thiophene rings is 1. The van der Waals surface area contributed by atoms with Gasteiger partial charge in [-0.15, -0.1) is 11.3 Å². The molecule has 0 fully saturated rings. The predicted octanol–water partition coefficient (Wildman–Crippen LogP) is 2.26. The van der Waals surface area contributed by atoms with Crippen LogP contribution in [0.3, 0.4) is 0 Å². The fraction of sp³-hybridized carbons (Fsp3) is 0.250. The summed E-state index contributed by atoms with van der Waals surface area (Å²) in [6, 6.07) is 7.34. The van der Waals surface area contributed by atoms with Crippen molar-refractivity contribution in [3.63, 3.8) is 0 Å². The van der Waals surface area contributed by atoms with Gasteiger partial charge in [0.25, 0.3) is 12.3 Å². The monoisotopic (exact) mass is 271 g/mol. The summed E-state index contributed by atoms with van der Waals surface area (Å²) >= 11 is 1.41. The number of rotatable bonds is 4. The summed E-state index contributed by atoms with van der Waals surface area (Å²) in [6.07, 6.45) is -4.69. The van der Waals surface area contributed by atoms with Crippen LogP contribution in [-0.2, 0) is 0 Å². The van der Waals surface area contributed by atoms with Crippen LogP contribution in [0.2, 0.25) is 0 Å². The second-order valence-electron chi connectivity index (χ2n) is 3.76. The molecule has 96 valence electrons. The van der Waals surface area contributed by atoms with Crippen molar-refractivity contribution in [3.05, 3.63) is 35.2 Å². The van der Waals surface area contributed by atoms with Gasteiger partial charge in [0.05, 0.1) is 5.56 Å². The lowest BCUT2D eigenvalue weighted by Gasteiger charge is -2.10. The first-order valence-corrected chi connectivity index (χ1v) is 6.18. The van der Waals surface area contributed by atoms with Gasteiger partial charge in [-0.05, 0) is 6.07 Å². The molecule has 1 amide bonds. The third-order valence-electron chi connectivity index (χ3n) is 2.49. The van der Waals surface area contributed by atoms with Crippen LogP contribution in [0.5, 0.6) is 0 Å². The van der Waals surface area contributed by atoms with E-state index in [0.29, 0.717) is 5.56 Å². The molecule has 18 heavy (non-hydrogen) atoms. The molecule has 1 atom stereocenters. The fourth-order valence-corrected chi connectivity index (χ4v) is 2.48. The van der Waals surface area contributed by atoms with E-state index in [0.717, 1.165) is 10.1 Å². The van der Waals surface area contributed by atoms with Gasteiger partial charge in [-0.3, -0.25) is 4.79 Å². The Morgan fingerprint density at radius 1 is 1.39 bits per heavy atom. The average molecular weight is 271 g/mol. The molecule has 0 radical (unpaired) electrons. The zero-order valence-corrected chi connectivity index (χ0v) is 10.1. The first-order chi connectivity index (χ1) is 8.59. The maximum absolute atomic E-state index is 12.1. The summed E-state index contributed by atoms with van der Waals surface area (Å²) in [5, 5.41) is 13.7. The van der Waals surface area contributed by atoms with E-state index >= 15 is 0 Å². The van der Waals surface area contributed by atoms with Crippen LogP contribution in [0, 0.1) is 0 Å². The van der Waals surface area contributed by atoms with Crippen LogP contribution < -0.4 is 5.32 Å². The number of carbonyl (C=O) groups is 1. The number of alkyl halides is 2. The van der Waals surface area contributed by atoms with Gasteiger partial charge in [-0.1, -0.05) is 18.2 Å². The maximum atomic E-state index is 12.1. The summed E-state index contributed by atoms with van der Waals surface area (Å²) in [5.41, 5.74) is 0.442. The molecule has 0 saturated heterocycles. The van der Waals surface area contributed by atoms with Crippen molar-refractivity contribution in [1.29, 1.82) is 0 Å². The van der Waals surface area contributed by atoms with Gasteiger partial charge < -0.3 is 10.4 Å². The second-order valence-corrected chi connectivity index (χ2v) is 4.67.